The number of aromatic nitrogens is 1. The largest absolute Gasteiger partial charge is 0.354 e. The predicted molar refractivity (Wildman–Crippen MR) is 83.1 cm³/mol. The number of hydrogen-bond donors (Lipinski definition) is 1. The first kappa shape index (κ1) is 13.8. The molecule has 1 atom stereocenters. The van der Waals surface area contributed by atoms with Gasteiger partial charge in [-0.2, -0.15) is 0 Å². The molecule has 0 spiro atoms. The smallest absolute Gasteiger partial charge is 0.129 e. The van der Waals surface area contributed by atoms with Crippen LogP contribution in [0.25, 0.3) is 0 Å². The van der Waals surface area contributed by atoms with E-state index in [9.17, 15) is 0 Å². The molecule has 0 aromatic carbocycles. The van der Waals surface area contributed by atoms with E-state index in [0.717, 1.165) is 43.7 Å². The van der Waals surface area contributed by atoms with Crippen molar-refractivity contribution < 1.29 is 0 Å². The maximum absolute atomic E-state index is 4.74. The van der Waals surface area contributed by atoms with E-state index in [-0.39, 0.29) is 0 Å². The number of pyridine rings is 1. The highest BCUT2D eigenvalue weighted by molar-refractivity contribution is 5.43. The molecule has 2 aliphatic rings. The molecule has 1 aliphatic carbocycles. The van der Waals surface area contributed by atoms with Gasteiger partial charge in [0.25, 0.3) is 0 Å². The molecule has 1 aromatic heterocycles. The van der Waals surface area contributed by atoms with Crippen LogP contribution in [0.15, 0.2) is 12.1 Å². The van der Waals surface area contributed by atoms with Gasteiger partial charge in [0.2, 0.25) is 0 Å². The van der Waals surface area contributed by atoms with Gasteiger partial charge in [0.05, 0.1) is 0 Å². The molecule has 2 heterocycles. The Hall–Kier alpha value is -1.13. The average molecular weight is 274 g/mol. The lowest BCUT2D eigenvalue weighted by molar-refractivity contribution is 0.233. The monoisotopic (exact) mass is 274 g/mol. The lowest BCUT2D eigenvalue weighted by Gasteiger charge is -2.38. The number of nitrogens with zero attached hydrogens (tertiary/aromatic N) is 3. The van der Waals surface area contributed by atoms with Gasteiger partial charge in [0, 0.05) is 44.0 Å². The Morgan fingerprint density at radius 3 is 2.80 bits per heavy atom. The minimum absolute atomic E-state index is 0.596. The topological polar surface area (TPSA) is 31.4 Å². The van der Waals surface area contributed by atoms with Gasteiger partial charge in [-0.1, -0.05) is 0 Å². The lowest BCUT2D eigenvalue weighted by Crippen LogP contribution is -2.50. The molecule has 20 heavy (non-hydrogen) atoms. The Morgan fingerprint density at radius 2 is 2.10 bits per heavy atom. The zero-order valence-corrected chi connectivity index (χ0v) is 12.9. The molecule has 1 N–H and O–H groups in total. The highest BCUT2D eigenvalue weighted by atomic mass is 15.3. The van der Waals surface area contributed by atoms with Crippen molar-refractivity contribution in [2.24, 2.45) is 0 Å². The van der Waals surface area contributed by atoms with E-state index in [2.05, 4.69) is 48.1 Å². The number of rotatable bonds is 4. The fourth-order valence-electron chi connectivity index (χ4n) is 2.79. The summed E-state index contributed by atoms with van der Waals surface area (Å²) in [5, 5.41) is 3.59. The second kappa shape index (κ2) is 5.70. The molecule has 0 amide bonds. The van der Waals surface area contributed by atoms with E-state index >= 15 is 0 Å². The molecule has 1 aromatic rings. The van der Waals surface area contributed by atoms with E-state index in [4.69, 9.17) is 4.98 Å². The van der Waals surface area contributed by atoms with Crippen LogP contribution in [0.2, 0.25) is 0 Å². The summed E-state index contributed by atoms with van der Waals surface area (Å²) in [6, 6.07) is 5.83. The first-order valence-corrected chi connectivity index (χ1v) is 7.78. The summed E-state index contributed by atoms with van der Waals surface area (Å²) in [6.07, 6.45) is 2.68. The maximum atomic E-state index is 4.74. The summed E-state index contributed by atoms with van der Waals surface area (Å²) in [5.41, 5.74) is 2.49. The van der Waals surface area contributed by atoms with Crippen LogP contribution in [-0.4, -0.2) is 48.6 Å². The fourth-order valence-corrected chi connectivity index (χ4v) is 2.79. The summed E-state index contributed by atoms with van der Waals surface area (Å²) in [6.45, 7) is 8.63. The first-order chi connectivity index (χ1) is 9.61. The minimum Gasteiger partial charge on any atom is -0.354 e. The van der Waals surface area contributed by atoms with Gasteiger partial charge in [-0.15, -0.1) is 0 Å². The molecular formula is C16H26N4. The van der Waals surface area contributed by atoms with Crippen molar-refractivity contribution >= 4 is 5.82 Å². The third-order valence-corrected chi connectivity index (χ3v) is 4.46. The van der Waals surface area contributed by atoms with Crippen LogP contribution in [0.4, 0.5) is 5.82 Å². The zero-order valence-electron chi connectivity index (χ0n) is 12.9. The van der Waals surface area contributed by atoms with E-state index < -0.39 is 0 Å². The zero-order chi connectivity index (χ0) is 14.1. The third-order valence-electron chi connectivity index (χ3n) is 4.46. The number of piperazine rings is 1. The van der Waals surface area contributed by atoms with E-state index in [1.54, 1.807) is 0 Å². The van der Waals surface area contributed by atoms with E-state index in [1.165, 1.54) is 18.4 Å². The molecule has 1 saturated carbocycles. The van der Waals surface area contributed by atoms with Gasteiger partial charge < -0.3 is 15.1 Å². The van der Waals surface area contributed by atoms with Crippen LogP contribution in [0.3, 0.4) is 0 Å². The van der Waals surface area contributed by atoms with Crippen LogP contribution in [0, 0.1) is 6.92 Å². The van der Waals surface area contributed by atoms with E-state index in [0.29, 0.717) is 6.04 Å². The number of aryl methyl sites for hydroxylation is 1. The first-order valence-electron chi connectivity index (χ1n) is 7.78. The number of likely N-dealkylation sites (N-methyl/N-ethyl adjacent to an activating group) is 1. The van der Waals surface area contributed by atoms with Crippen molar-refractivity contribution in [3.8, 4) is 0 Å². The highest BCUT2D eigenvalue weighted by Gasteiger charge is 2.23. The number of nitrogens with one attached hydrogen (secondary N) is 1. The van der Waals surface area contributed by atoms with Gasteiger partial charge in [-0.05, 0) is 51.4 Å². The summed E-state index contributed by atoms with van der Waals surface area (Å²) >= 11 is 0. The Labute approximate surface area is 122 Å². The second-order valence-electron chi connectivity index (χ2n) is 6.41. The number of hydrogen-bond acceptors (Lipinski definition) is 4. The SMILES string of the molecule is Cc1cc(CNC2CC2)cc(N2CCN(C)C(C)C2)n1. The van der Waals surface area contributed by atoms with Crippen LogP contribution in [0.5, 0.6) is 0 Å². The summed E-state index contributed by atoms with van der Waals surface area (Å²) in [5.74, 6) is 1.15. The van der Waals surface area contributed by atoms with Crippen LogP contribution >= 0.6 is 0 Å². The molecule has 0 bridgehead atoms. The van der Waals surface area contributed by atoms with Crippen molar-refractivity contribution in [2.75, 3.05) is 31.6 Å². The minimum atomic E-state index is 0.596. The number of anilines is 1. The van der Waals surface area contributed by atoms with Gasteiger partial charge >= 0.3 is 0 Å². The summed E-state index contributed by atoms with van der Waals surface area (Å²) < 4.78 is 0. The Morgan fingerprint density at radius 1 is 1.30 bits per heavy atom. The molecule has 3 rings (SSSR count). The molecule has 1 saturated heterocycles. The van der Waals surface area contributed by atoms with Crippen LogP contribution in [-0.2, 0) is 6.54 Å². The molecule has 0 radical (unpaired) electrons. The van der Waals surface area contributed by atoms with Crippen LogP contribution < -0.4 is 10.2 Å². The average Bonchev–Trinajstić information content (AvgIpc) is 3.23. The normalized spacial score (nSPS) is 24.1. The highest BCUT2D eigenvalue weighted by Crippen LogP contribution is 2.21. The van der Waals surface area contributed by atoms with Crippen molar-refractivity contribution in [3.63, 3.8) is 0 Å². The van der Waals surface area contributed by atoms with Gasteiger partial charge in [-0.25, -0.2) is 4.98 Å². The van der Waals surface area contributed by atoms with Crippen molar-refractivity contribution in [2.45, 2.75) is 45.3 Å². The molecule has 2 fully saturated rings. The van der Waals surface area contributed by atoms with Gasteiger partial charge in [0.1, 0.15) is 5.82 Å². The molecule has 1 aliphatic heterocycles. The summed E-state index contributed by atoms with van der Waals surface area (Å²) in [4.78, 5) is 9.59. The second-order valence-corrected chi connectivity index (χ2v) is 6.41. The molecule has 1 unspecified atom stereocenters. The predicted octanol–water partition coefficient (Wildman–Crippen LogP) is 1.78. The van der Waals surface area contributed by atoms with Crippen molar-refractivity contribution in [1.82, 2.24) is 15.2 Å². The molecule has 4 heteroatoms. The maximum Gasteiger partial charge on any atom is 0.129 e. The quantitative estimate of drug-likeness (QED) is 0.907. The van der Waals surface area contributed by atoms with Gasteiger partial charge in [0.15, 0.2) is 0 Å². The van der Waals surface area contributed by atoms with Gasteiger partial charge in [-0.3, -0.25) is 0 Å². The molecule has 110 valence electrons. The molecule has 4 nitrogen and oxygen atoms in total. The van der Waals surface area contributed by atoms with Crippen molar-refractivity contribution in [1.29, 1.82) is 0 Å². The third kappa shape index (κ3) is 3.30. The Kier molecular flexibility index (Phi) is 3.94. The standard InChI is InChI=1S/C16H26N4/c1-12-8-14(10-17-15-4-5-15)9-16(18-12)20-7-6-19(3)13(2)11-20/h8-9,13,15,17H,4-7,10-11H2,1-3H3. The molecular weight excluding hydrogens is 248 g/mol. The van der Waals surface area contributed by atoms with Crippen LogP contribution in [0.1, 0.15) is 31.0 Å². The fraction of sp³-hybridized carbons (Fsp3) is 0.688. The Bertz CT molecular complexity index is 470. The Balaban J connectivity index is 1.71. The lowest BCUT2D eigenvalue weighted by atomic mass is 10.1. The van der Waals surface area contributed by atoms with Crippen molar-refractivity contribution in [3.05, 3.63) is 23.4 Å². The summed E-state index contributed by atoms with van der Waals surface area (Å²) in [7, 11) is 2.21. The van der Waals surface area contributed by atoms with E-state index in [1.807, 2.05) is 0 Å².